The standard InChI is InChI=1S/C25H29Cl2N3O3.ClH/c1-2-32-25-13-17(9-10-24(25)33-16-19-20(26)5-3-6-21(19)27)14-28-22-7-4-8-23-18(22)15-29-30(23)11-12-31;/h3,5-6,9-10,13,15,22,28,31H,2,4,7-8,11-12,14,16H2,1H3;1H. The molecular weight excluding hydrogens is 497 g/mol. The first-order chi connectivity index (χ1) is 16.1. The minimum atomic E-state index is 0. The lowest BCUT2D eigenvalue weighted by atomic mass is 9.93. The second-order valence-electron chi connectivity index (χ2n) is 8.02. The first kappa shape index (κ1) is 26.6. The first-order valence-electron chi connectivity index (χ1n) is 11.3. The van der Waals surface area contributed by atoms with Gasteiger partial charge < -0.3 is 19.9 Å². The normalized spacial score (nSPS) is 14.9. The molecule has 0 radical (unpaired) electrons. The van der Waals surface area contributed by atoms with Gasteiger partial charge in [-0.15, -0.1) is 12.4 Å². The second-order valence-corrected chi connectivity index (χ2v) is 8.84. The molecule has 2 N–H and O–H groups in total. The Bertz CT molecular complexity index is 1070. The molecule has 1 aliphatic carbocycles. The summed E-state index contributed by atoms with van der Waals surface area (Å²) in [7, 11) is 0. The Morgan fingerprint density at radius 3 is 2.68 bits per heavy atom. The molecule has 6 nitrogen and oxygen atoms in total. The van der Waals surface area contributed by atoms with Crippen LogP contribution in [0.15, 0.2) is 42.6 Å². The number of ether oxygens (including phenoxy) is 2. The summed E-state index contributed by atoms with van der Waals surface area (Å²) in [4.78, 5) is 0. The molecule has 0 amide bonds. The lowest BCUT2D eigenvalue weighted by Gasteiger charge is -2.24. The van der Waals surface area contributed by atoms with Crippen LogP contribution in [0.5, 0.6) is 11.5 Å². The van der Waals surface area contributed by atoms with E-state index >= 15 is 0 Å². The van der Waals surface area contributed by atoms with E-state index in [1.54, 1.807) is 12.1 Å². The maximum atomic E-state index is 9.27. The largest absolute Gasteiger partial charge is 0.490 e. The number of hydrogen-bond acceptors (Lipinski definition) is 5. The maximum absolute atomic E-state index is 9.27. The zero-order valence-corrected chi connectivity index (χ0v) is 21.4. The highest BCUT2D eigenvalue weighted by Gasteiger charge is 2.24. The van der Waals surface area contributed by atoms with Crippen LogP contribution >= 0.6 is 35.6 Å². The van der Waals surface area contributed by atoms with Crippen molar-refractivity contribution in [3.05, 3.63) is 75.0 Å². The van der Waals surface area contributed by atoms with Crippen molar-refractivity contribution in [2.45, 2.75) is 51.9 Å². The third kappa shape index (κ3) is 6.18. The summed E-state index contributed by atoms with van der Waals surface area (Å²) in [6, 6.07) is 11.6. The highest BCUT2D eigenvalue weighted by atomic mass is 35.5. The fourth-order valence-corrected chi connectivity index (χ4v) is 4.74. The van der Waals surface area contributed by atoms with E-state index in [1.165, 1.54) is 11.3 Å². The van der Waals surface area contributed by atoms with Crippen molar-refractivity contribution in [1.82, 2.24) is 15.1 Å². The van der Waals surface area contributed by atoms with Crippen LogP contribution in [-0.2, 0) is 26.1 Å². The van der Waals surface area contributed by atoms with Crippen LogP contribution in [0.25, 0.3) is 0 Å². The van der Waals surface area contributed by atoms with Gasteiger partial charge in [0.2, 0.25) is 0 Å². The number of nitrogens with one attached hydrogen (secondary N) is 1. The highest BCUT2D eigenvalue weighted by molar-refractivity contribution is 6.35. The fourth-order valence-electron chi connectivity index (χ4n) is 4.23. The van der Waals surface area contributed by atoms with E-state index in [0.717, 1.165) is 30.4 Å². The van der Waals surface area contributed by atoms with Crippen LogP contribution in [0.1, 0.15) is 48.2 Å². The van der Waals surface area contributed by atoms with Crippen molar-refractivity contribution in [2.75, 3.05) is 13.2 Å². The molecule has 2 aromatic carbocycles. The summed E-state index contributed by atoms with van der Waals surface area (Å²) in [6.07, 6.45) is 5.10. The second kappa shape index (κ2) is 12.7. The molecule has 184 valence electrons. The zero-order valence-electron chi connectivity index (χ0n) is 19.1. The Morgan fingerprint density at radius 2 is 1.94 bits per heavy atom. The number of rotatable bonds is 10. The van der Waals surface area contributed by atoms with Gasteiger partial charge in [0.05, 0.1) is 26.0 Å². The summed E-state index contributed by atoms with van der Waals surface area (Å²) in [6.45, 7) is 4.10. The molecule has 0 fully saturated rings. The van der Waals surface area contributed by atoms with Gasteiger partial charge in [-0.2, -0.15) is 5.10 Å². The Labute approximate surface area is 216 Å². The van der Waals surface area contributed by atoms with Gasteiger partial charge in [-0.05, 0) is 56.0 Å². The average molecular weight is 527 g/mol. The minimum absolute atomic E-state index is 0. The number of aliphatic hydroxyl groups is 1. The van der Waals surface area contributed by atoms with Gasteiger partial charge in [0, 0.05) is 39.5 Å². The predicted octanol–water partition coefficient (Wildman–Crippen LogP) is 5.75. The molecule has 4 rings (SSSR count). The van der Waals surface area contributed by atoms with E-state index in [0.29, 0.717) is 41.2 Å². The molecule has 34 heavy (non-hydrogen) atoms. The lowest BCUT2D eigenvalue weighted by molar-refractivity contribution is 0.266. The van der Waals surface area contributed by atoms with Crippen LogP contribution in [0, 0.1) is 0 Å². The van der Waals surface area contributed by atoms with Crippen molar-refractivity contribution in [2.24, 2.45) is 0 Å². The van der Waals surface area contributed by atoms with Gasteiger partial charge in [0.25, 0.3) is 0 Å². The summed E-state index contributed by atoms with van der Waals surface area (Å²) < 4.78 is 13.8. The van der Waals surface area contributed by atoms with E-state index in [-0.39, 0.29) is 31.7 Å². The molecule has 1 aliphatic rings. The number of aromatic nitrogens is 2. The summed E-state index contributed by atoms with van der Waals surface area (Å²) >= 11 is 12.5. The van der Waals surface area contributed by atoms with Gasteiger partial charge in [0.1, 0.15) is 6.61 Å². The smallest absolute Gasteiger partial charge is 0.161 e. The molecule has 1 heterocycles. The van der Waals surface area contributed by atoms with Crippen molar-refractivity contribution in [3.8, 4) is 11.5 Å². The predicted molar refractivity (Wildman–Crippen MR) is 137 cm³/mol. The molecule has 1 aromatic heterocycles. The Balaban J connectivity index is 0.00000324. The average Bonchev–Trinajstić information content (AvgIpc) is 3.22. The molecule has 1 unspecified atom stereocenters. The topological polar surface area (TPSA) is 68.5 Å². The van der Waals surface area contributed by atoms with Crippen LogP contribution in [0.4, 0.5) is 0 Å². The highest BCUT2D eigenvalue weighted by Crippen LogP contribution is 2.33. The Morgan fingerprint density at radius 1 is 1.15 bits per heavy atom. The fraction of sp³-hybridized carbons (Fsp3) is 0.400. The van der Waals surface area contributed by atoms with Crippen molar-refractivity contribution >= 4 is 35.6 Å². The maximum Gasteiger partial charge on any atom is 0.161 e. The molecule has 9 heteroatoms. The van der Waals surface area contributed by atoms with Gasteiger partial charge in [-0.1, -0.05) is 35.3 Å². The summed E-state index contributed by atoms with van der Waals surface area (Å²) in [5.74, 6) is 1.35. The third-order valence-electron chi connectivity index (χ3n) is 5.87. The molecular formula is C25H30Cl3N3O3. The molecule has 0 aliphatic heterocycles. The van der Waals surface area contributed by atoms with Crippen molar-refractivity contribution in [3.63, 3.8) is 0 Å². The third-order valence-corrected chi connectivity index (χ3v) is 6.58. The molecule has 0 saturated carbocycles. The van der Waals surface area contributed by atoms with Gasteiger partial charge >= 0.3 is 0 Å². The number of fused-ring (bicyclic) bond motifs is 1. The summed E-state index contributed by atoms with van der Waals surface area (Å²) in [5.41, 5.74) is 4.32. The van der Waals surface area contributed by atoms with E-state index in [9.17, 15) is 5.11 Å². The van der Waals surface area contributed by atoms with Crippen molar-refractivity contribution in [1.29, 1.82) is 0 Å². The number of nitrogens with zero attached hydrogens (tertiary/aromatic N) is 2. The number of aliphatic hydroxyl groups excluding tert-OH is 1. The number of halogens is 3. The minimum Gasteiger partial charge on any atom is -0.490 e. The first-order valence-corrected chi connectivity index (χ1v) is 12.1. The van der Waals surface area contributed by atoms with Crippen LogP contribution in [0.2, 0.25) is 10.0 Å². The van der Waals surface area contributed by atoms with Crippen LogP contribution in [-0.4, -0.2) is 28.1 Å². The van der Waals surface area contributed by atoms with Crippen molar-refractivity contribution < 1.29 is 14.6 Å². The van der Waals surface area contributed by atoms with Gasteiger partial charge in [-0.3, -0.25) is 4.68 Å². The Hall–Kier alpha value is -1.96. The van der Waals surface area contributed by atoms with Crippen LogP contribution in [0.3, 0.4) is 0 Å². The molecule has 0 bridgehead atoms. The van der Waals surface area contributed by atoms with E-state index in [4.69, 9.17) is 32.7 Å². The van der Waals surface area contributed by atoms with Gasteiger partial charge in [0.15, 0.2) is 11.5 Å². The Kier molecular flexibility index (Phi) is 9.92. The van der Waals surface area contributed by atoms with E-state index in [1.807, 2.05) is 42.1 Å². The number of benzene rings is 2. The van der Waals surface area contributed by atoms with Crippen LogP contribution < -0.4 is 14.8 Å². The SMILES string of the molecule is CCOc1cc(CNC2CCCc3c2cnn3CCO)ccc1OCc1c(Cl)cccc1Cl.Cl. The zero-order chi connectivity index (χ0) is 23.2. The van der Waals surface area contributed by atoms with E-state index in [2.05, 4.69) is 10.4 Å². The summed E-state index contributed by atoms with van der Waals surface area (Å²) in [5, 5.41) is 18.6. The molecule has 3 aromatic rings. The van der Waals surface area contributed by atoms with E-state index < -0.39 is 0 Å². The number of hydrogen-bond donors (Lipinski definition) is 2. The molecule has 1 atom stereocenters. The quantitative estimate of drug-likeness (QED) is 0.352. The molecule has 0 spiro atoms. The van der Waals surface area contributed by atoms with Gasteiger partial charge in [-0.25, -0.2) is 0 Å². The monoisotopic (exact) mass is 525 g/mol. The molecule has 0 saturated heterocycles. The lowest BCUT2D eigenvalue weighted by Crippen LogP contribution is -2.25.